The van der Waals surface area contributed by atoms with Gasteiger partial charge in [0, 0.05) is 30.2 Å². The molecule has 1 aliphatic rings. The topological polar surface area (TPSA) is 83.1 Å². The molecule has 1 heterocycles. The summed E-state index contributed by atoms with van der Waals surface area (Å²) in [6, 6.07) is 12.7. The van der Waals surface area contributed by atoms with Crippen molar-refractivity contribution < 1.29 is 12.8 Å². The molecular formula is C22H24ClFN4O2S2. The van der Waals surface area contributed by atoms with E-state index >= 15 is 0 Å². The zero-order chi connectivity index (χ0) is 22.6. The summed E-state index contributed by atoms with van der Waals surface area (Å²) in [5.41, 5.74) is 1.58. The molecule has 0 radical (unpaired) electrons. The van der Waals surface area contributed by atoms with Crippen LogP contribution in [0.2, 0.25) is 5.02 Å². The van der Waals surface area contributed by atoms with Crippen molar-refractivity contribution in [3.05, 3.63) is 70.4 Å². The van der Waals surface area contributed by atoms with Crippen molar-refractivity contribution in [3.8, 4) is 0 Å². The Morgan fingerprint density at radius 3 is 2.59 bits per heavy atom. The van der Waals surface area contributed by atoms with Gasteiger partial charge in [0.25, 0.3) is 10.0 Å². The first kappa shape index (κ1) is 23.0. The molecule has 1 fully saturated rings. The van der Waals surface area contributed by atoms with E-state index in [1.807, 2.05) is 18.2 Å². The van der Waals surface area contributed by atoms with Gasteiger partial charge < -0.3 is 10.6 Å². The van der Waals surface area contributed by atoms with Gasteiger partial charge in [0.2, 0.25) is 0 Å². The van der Waals surface area contributed by atoms with E-state index in [9.17, 15) is 12.8 Å². The molecule has 1 saturated carbocycles. The van der Waals surface area contributed by atoms with Crippen molar-refractivity contribution in [1.82, 2.24) is 10.3 Å². The van der Waals surface area contributed by atoms with Gasteiger partial charge in [-0.25, -0.2) is 17.8 Å². The summed E-state index contributed by atoms with van der Waals surface area (Å²) in [6.07, 6.45) is 5.55. The van der Waals surface area contributed by atoms with E-state index in [1.165, 1.54) is 11.8 Å². The average molecular weight is 495 g/mol. The Kier molecular flexibility index (Phi) is 7.30. The minimum atomic E-state index is -4.14. The lowest BCUT2D eigenvalue weighted by Crippen LogP contribution is -2.46. The molecule has 2 aromatic carbocycles. The first-order valence-electron chi connectivity index (χ1n) is 10.4. The van der Waals surface area contributed by atoms with Crippen LogP contribution in [-0.2, 0) is 16.6 Å². The van der Waals surface area contributed by atoms with E-state index in [4.69, 9.17) is 11.6 Å². The summed E-state index contributed by atoms with van der Waals surface area (Å²) in [5, 5.41) is 8.87. The van der Waals surface area contributed by atoms with Gasteiger partial charge in [0.1, 0.15) is 10.7 Å². The first-order chi connectivity index (χ1) is 15.4. The number of rotatable bonds is 8. The van der Waals surface area contributed by atoms with Crippen LogP contribution in [0.5, 0.6) is 0 Å². The number of benzene rings is 2. The minimum Gasteiger partial charge on any atom is -0.379 e. The molecule has 6 nitrogen and oxygen atoms in total. The molecule has 0 aliphatic heterocycles. The summed E-state index contributed by atoms with van der Waals surface area (Å²) in [6.45, 7) is 0.741. The maximum absolute atomic E-state index is 14.8. The minimum absolute atomic E-state index is 0.0558. The Labute approximate surface area is 196 Å². The maximum atomic E-state index is 14.8. The lowest BCUT2D eigenvalue weighted by molar-refractivity contribution is 0.342. The number of hydrogen-bond acceptors (Lipinski definition) is 6. The third-order valence-corrected chi connectivity index (χ3v) is 7.97. The van der Waals surface area contributed by atoms with Crippen molar-refractivity contribution in [2.24, 2.45) is 0 Å². The lowest BCUT2D eigenvalue weighted by Gasteiger charge is -2.34. The summed E-state index contributed by atoms with van der Waals surface area (Å²) in [4.78, 5) is 3.37. The van der Waals surface area contributed by atoms with Crippen molar-refractivity contribution in [2.75, 3.05) is 10.0 Å². The number of anilines is 2. The van der Waals surface area contributed by atoms with Crippen molar-refractivity contribution in [3.63, 3.8) is 0 Å². The van der Waals surface area contributed by atoms with E-state index in [0.717, 1.165) is 55.7 Å². The van der Waals surface area contributed by atoms with Gasteiger partial charge in [0.05, 0.1) is 10.7 Å². The number of nitrogens with zero attached hydrogens (tertiary/aromatic N) is 1. The van der Waals surface area contributed by atoms with Gasteiger partial charge in [0.15, 0.2) is 5.13 Å². The Balaban J connectivity index is 1.48. The van der Waals surface area contributed by atoms with E-state index in [2.05, 4.69) is 32.5 Å². The second-order valence-electron chi connectivity index (χ2n) is 7.71. The first-order valence-corrected chi connectivity index (χ1v) is 13.1. The van der Waals surface area contributed by atoms with Gasteiger partial charge in [-0.15, -0.1) is 11.3 Å². The Morgan fingerprint density at radius 1 is 1.12 bits per heavy atom. The largest absolute Gasteiger partial charge is 0.379 e. The SMILES string of the molecule is O=S(=O)(Nc1nccs1)c1cc(Cl)c(N[C@H]2CCCC[C@@H]2NCc2ccccc2)cc1F. The predicted molar refractivity (Wildman–Crippen MR) is 127 cm³/mol. The molecule has 2 atom stereocenters. The van der Waals surface area contributed by atoms with Crippen molar-refractivity contribution in [2.45, 2.75) is 49.2 Å². The molecule has 0 amide bonds. The van der Waals surface area contributed by atoms with Crippen molar-refractivity contribution >= 4 is 43.8 Å². The zero-order valence-corrected chi connectivity index (χ0v) is 19.6. The number of aromatic nitrogens is 1. The van der Waals surface area contributed by atoms with Crippen LogP contribution in [0.1, 0.15) is 31.2 Å². The molecule has 0 unspecified atom stereocenters. The highest BCUT2D eigenvalue weighted by Crippen LogP contribution is 2.32. The summed E-state index contributed by atoms with van der Waals surface area (Å²) in [5.74, 6) is -0.870. The van der Waals surface area contributed by atoms with Crippen LogP contribution in [-0.4, -0.2) is 25.5 Å². The predicted octanol–water partition coefficient (Wildman–Crippen LogP) is 5.25. The number of halogens is 2. The molecule has 1 aliphatic carbocycles. The highest BCUT2D eigenvalue weighted by Gasteiger charge is 2.27. The summed E-state index contributed by atoms with van der Waals surface area (Å²) < 4.78 is 42.2. The van der Waals surface area contributed by atoms with Crippen molar-refractivity contribution in [1.29, 1.82) is 0 Å². The van der Waals surface area contributed by atoms with Crippen LogP contribution in [0.3, 0.4) is 0 Å². The van der Waals surface area contributed by atoms with Crippen LogP contribution in [0.4, 0.5) is 15.2 Å². The monoisotopic (exact) mass is 494 g/mol. The van der Waals surface area contributed by atoms with Crippen LogP contribution < -0.4 is 15.4 Å². The number of nitrogens with one attached hydrogen (secondary N) is 3. The second kappa shape index (κ2) is 10.2. The quantitative estimate of drug-likeness (QED) is 0.398. The fourth-order valence-electron chi connectivity index (χ4n) is 3.88. The standard InChI is InChI=1S/C22H24ClFN4O2S2/c23-16-12-21(32(29,30)28-22-25-10-11-31-22)17(24)13-20(16)27-19-9-5-4-8-18(19)26-14-15-6-2-1-3-7-15/h1-3,6-7,10-13,18-19,26-27H,4-5,8-9,14H2,(H,25,28)/t18-,19-/m0/s1. The molecule has 3 N–H and O–H groups in total. The molecular weight excluding hydrogens is 471 g/mol. The van der Waals surface area contributed by atoms with E-state index in [1.54, 1.807) is 5.38 Å². The zero-order valence-electron chi connectivity index (χ0n) is 17.2. The number of hydrogen-bond donors (Lipinski definition) is 3. The van der Waals surface area contributed by atoms with Crippen LogP contribution in [0, 0.1) is 5.82 Å². The van der Waals surface area contributed by atoms with Crippen LogP contribution in [0.25, 0.3) is 0 Å². The van der Waals surface area contributed by atoms with E-state index in [0.29, 0.717) is 5.69 Å². The van der Waals surface area contributed by atoms with Crippen LogP contribution in [0.15, 0.2) is 58.9 Å². The molecule has 0 bridgehead atoms. The lowest BCUT2D eigenvalue weighted by atomic mass is 9.90. The van der Waals surface area contributed by atoms with Crippen LogP contribution >= 0.6 is 22.9 Å². The number of sulfonamides is 1. The summed E-state index contributed by atoms with van der Waals surface area (Å²) >= 11 is 7.48. The third-order valence-electron chi connectivity index (χ3n) is 5.48. The van der Waals surface area contributed by atoms with E-state index < -0.39 is 20.7 Å². The molecule has 0 saturated heterocycles. The fourth-order valence-corrected chi connectivity index (χ4v) is 6.04. The van der Waals surface area contributed by atoms with Gasteiger partial charge in [-0.3, -0.25) is 4.72 Å². The second-order valence-corrected chi connectivity index (χ2v) is 10.7. The normalized spacial score (nSPS) is 18.9. The molecule has 3 aromatic rings. The molecule has 170 valence electrons. The Hall–Kier alpha value is -2.20. The highest BCUT2D eigenvalue weighted by atomic mass is 35.5. The Morgan fingerprint density at radius 2 is 1.88 bits per heavy atom. The van der Waals surface area contributed by atoms with Gasteiger partial charge in [-0.05, 0) is 30.5 Å². The fraction of sp³-hybridized carbons (Fsp3) is 0.318. The number of thiazole rings is 1. The highest BCUT2D eigenvalue weighted by molar-refractivity contribution is 7.93. The summed E-state index contributed by atoms with van der Waals surface area (Å²) in [7, 11) is -4.14. The smallest absolute Gasteiger partial charge is 0.266 e. The Bertz CT molecular complexity index is 1140. The molecule has 4 rings (SSSR count). The maximum Gasteiger partial charge on any atom is 0.266 e. The van der Waals surface area contributed by atoms with E-state index in [-0.39, 0.29) is 22.2 Å². The average Bonchev–Trinajstić information content (AvgIpc) is 3.28. The van der Waals surface area contributed by atoms with Gasteiger partial charge in [-0.2, -0.15) is 0 Å². The van der Waals surface area contributed by atoms with Gasteiger partial charge in [-0.1, -0.05) is 54.8 Å². The molecule has 32 heavy (non-hydrogen) atoms. The molecule has 1 aromatic heterocycles. The molecule has 0 spiro atoms. The third kappa shape index (κ3) is 5.58. The van der Waals surface area contributed by atoms with Gasteiger partial charge >= 0.3 is 0 Å². The molecule has 10 heteroatoms.